The Balaban J connectivity index is 2.01. The van der Waals surface area contributed by atoms with Gasteiger partial charge in [0.2, 0.25) is 11.6 Å². The molecule has 0 aliphatic carbocycles. The number of thiazole rings is 1. The Bertz CT molecular complexity index is 1110. The average molecular weight is 408 g/mol. The van der Waals surface area contributed by atoms with Crippen molar-refractivity contribution in [1.82, 2.24) is 15.0 Å². The molecule has 0 saturated heterocycles. The lowest BCUT2D eigenvalue weighted by Gasteiger charge is -2.21. The van der Waals surface area contributed by atoms with Crippen LogP contribution in [0.5, 0.6) is 0 Å². The largest absolute Gasteiger partial charge is 0.353 e. The molecular weight excluding hydrogens is 392 g/mol. The van der Waals surface area contributed by atoms with E-state index < -0.39 is 4.92 Å². The number of benzene rings is 1. The van der Waals surface area contributed by atoms with Crippen LogP contribution in [0.3, 0.4) is 0 Å². The van der Waals surface area contributed by atoms with E-state index in [0.717, 1.165) is 15.8 Å². The van der Waals surface area contributed by atoms with E-state index in [1.165, 1.54) is 17.7 Å². The van der Waals surface area contributed by atoms with Gasteiger partial charge >= 0.3 is 5.69 Å². The zero-order chi connectivity index (χ0) is 20.8. The Morgan fingerprint density at radius 3 is 2.59 bits per heavy atom. The summed E-state index contributed by atoms with van der Waals surface area (Å²) in [6, 6.07) is 9.81. The number of hydrogen-bond acceptors (Lipinski definition) is 10. The minimum Gasteiger partial charge on any atom is -0.349 e. The molecule has 11 heteroatoms. The van der Waals surface area contributed by atoms with Crippen molar-refractivity contribution in [2.75, 3.05) is 23.3 Å². The molecule has 0 unspecified atom stereocenters. The quantitative estimate of drug-likeness (QED) is 0.435. The third-order valence-corrected chi connectivity index (χ3v) is 5.05. The fourth-order valence-electron chi connectivity index (χ4n) is 2.79. The topological polar surface area (TPSA) is 145 Å². The molecule has 0 bridgehead atoms. The molecule has 0 radical (unpaired) electrons. The molecule has 3 rings (SSSR count). The van der Waals surface area contributed by atoms with Crippen molar-refractivity contribution < 1.29 is 4.92 Å². The van der Waals surface area contributed by atoms with Gasteiger partial charge in [0, 0.05) is 13.1 Å². The highest BCUT2D eigenvalue weighted by Gasteiger charge is 2.27. The smallest absolute Gasteiger partial charge is 0.349 e. The first kappa shape index (κ1) is 19.9. The highest BCUT2D eigenvalue weighted by molar-refractivity contribution is 7.22. The van der Waals surface area contributed by atoms with Gasteiger partial charge in [-0.1, -0.05) is 23.5 Å². The van der Waals surface area contributed by atoms with E-state index in [1.54, 1.807) is 4.90 Å². The van der Waals surface area contributed by atoms with E-state index in [4.69, 9.17) is 10.5 Å². The summed E-state index contributed by atoms with van der Waals surface area (Å²) in [6.45, 7) is 2.38. The van der Waals surface area contributed by atoms with Gasteiger partial charge in [-0.25, -0.2) is 15.0 Å². The zero-order valence-electron chi connectivity index (χ0n) is 15.5. The molecule has 2 heterocycles. The van der Waals surface area contributed by atoms with E-state index in [9.17, 15) is 10.1 Å². The second-order valence-corrected chi connectivity index (χ2v) is 7.05. The number of nitriles is 2. The van der Waals surface area contributed by atoms with Gasteiger partial charge in [-0.15, -0.1) is 0 Å². The van der Waals surface area contributed by atoms with Crippen LogP contribution in [0.2, 0.25) is 0 Å². The summed E-state index contributed by atoms with van der Waals surface area (Å²) in [5.74, 6) is 0.0749. The Hall–Kier alpha value is -3.83. The van der Waals surface area contributed by atoms with Gasteiger partial charge in [-0.3, -0.25) is 10.1 Å². The van der Waals surface area contributed by atoms with Gasteiger partial charge in [-0.05, 0) is 18.6 Å². The first-order valence-electron chi connectivity index (χ1n) is 8.66. The van der Waals surface area contributed by atoms with Crippen LogP contribution < -0.4 is 10.2 Å². The number of fused-ring (bicyclic) bond motifs is 1. The van der Waals surface area contributed by atoms with Gasteiger partial charge < -0.3 is 10.2 Å². The first-order valence-corrected chi connectivity index (χ1v) is 9.48. The number of aromatic nitrogens is 3. The molecule has 0 fully saturated rings. The van der Waals surface area contributed by atoms with E-state index in [2.05, 4.69) is 20.3 Å². The SMILES string of the molecule is Cc1cccc2sc(Nc3ncnc(N(CCC#N)CCC#N)c3[N+](=O)[O-])nc12. The third-order valence-electron chi connectivity index (χ3n) is 4.12. The molecule has 0 aliphatic heterocycles. The van der Waals surface area contributed by atoms with Gasteiger partial charge in [0.25, 0.3) is 0 Å². The van der Waals surface area contributed by atoms with Crippen molar-refractivity contribution in [3.8, 4) is 12.1 Å². The number of anilines is 3. The lowest BCUT2D eigenvalue weighted by Crippen LogP contribution is -2.27. The summed E-state index contributed by atoms with van der Waals surface area (Å²) < 4.78 is 0.953. The molecule has 1 aromatic carbocycles. The molecule has 0 amide bonds. The lowest BCUT2D eigenvalue weighted by atomic mass is 10.2. The molecular formula is C18H16N8O2S. The third kappa shape index (κ3) is 4.36. The number of aryl methyl sites for hydroxylation is 1. The van der Waals surface area contributed by atoms with Crippen LogP contribution in [0, 0.1) is 39.7 Å². The average Bonchev–Trinajstić information content (AvgIpc) is 3.12. The van der Waals surface area contributed by atoms with Crippen molar-refractivity contribution in [1.29, 1.82) is 10.5 Å². The predicted molar refractivity (Wildman–Crippen MR) is 109 cm³/mol. The molecule has 1 N–H and O–H groups in total. The molecule has 0 atom stereocenters. The van der Waals surface area contributed by atoms with Crippen LogP contribution >= 0.6 is 11.3 Å². The van der Waals surface area contributed by atoms with E-state index >= 15 is 0 Å². The Morgan fingerprint density at radius 2 is 1.97 bits per heavy atom. The maximum Gasteiger partial charge on any atom is 0.353 e. The summed E-state index contributed by atoms with van der Waals surface area (Å²) in [4.78, 5) is 25.4. The highest BCUT2D eigenvalue weighted by Crippen LogP contribution is 2.36. The monoisotopic (exact) mass is 408 g/mol. The molecule has 2 aromatic heterocycles. The number of nitrogens with one attached hydrogen (secondary N) is 1. The number of hydrogen-bond donors (Lipinski definition) is 1. The van der Waals surface area contributed by atoms with Crippen LogP contribution in [0.1, 0.15) is 18.4 Å². The number of nitrogens with zero attached hydrogens (tertiary/aromatic N) is 7. The Labute approximate surface area is 170 Å². The minimum atomic E-state index is -0.567. The number of rotatable bonds is 8. The first-order chi connectivity index (χ1) is 14.0. The van der Waals surface area contributed by atoms with Crippen LogP contribution in [-0.4, -0.2) is 33.0 Å². The normalized spacial score (nSPS) is 10.3. The second-order valence-electron chi connectivity index (χ2n) is 6.02. The summed E-state index contributed by atoms with van der Waals surface area (Å²) in [5.41, 5.74) is 1.50. The van der Waals surface area contributed by atoms with Gasteiger partial charge in [0.1, 0.15) is 6.33 Å². The fraction of sp³-hybridized carbons (Fsp3) is 0.278. The van der Waals surface area contributed by atoms with Gasteiger partial charge in [0.15, 0.2) is 5.13 Å². The summed E-state index contributed by atoms with van der Waals surface area (Å²) in [7, 11) is 0. The van der Waals surface area contributed by atoms with Crippen LogP contribution in [0.4, 0.5) is 22.5 Å². The van der Waals surface area contributed by atoms with Gasteiger partial charge in [0.05, 0.1) is 40.1 Å². The van der Waals surface area contributed by atoms with Crippen molar-refractivity contribution in [3.05, 3.63) is 40.2 Å². The van der Waals surface area contributed by atoms with E-state index in [-0.39, 0.29) is 43.3 Å². The number of para-hydroxylation sites is 1. The maximum atomic E-state index is 11.8. The standard InChI is InChI=1S/C18H16N8O2S/c1-12-5-2-6-13-14(12)23-18(29-13)24-16-15(26(27)28)17(22-11-21-16)25(9-3-7-19)10-4-8-20/h2,5-6,11H,3-4,9-10H2,1H3,(H,21,22,23,24). The summed E-state index contributed by atoms with van der Waals surface area (Å²) in [5, 5.41) is 33.0. The van der Waals surface area contributed by atoms with Crippen molar-refractivity contribution in [3.63, 3.8) is 0 Å². The van der Waals surface area contributed by atoms with Gasteiger partial charge in [-0.2, -0.15) is 10.5 Å². The van der Waals surface area contributed by atoms with Crippen LogP contribution in [0.25, 0.3) is 10.2 Å². The summed E-state index contributed by atoms with van der Waals surface area (Å²) in [6.07, 6.45) is 1.51. The van der Waals surface area contributed by atoms with E-state index in [0.29, 0.717) is 5.13 Å². The molecule has 0 aliphatic rings. The molecule has 10 nitrogen and oxygen atoms in total. The van der Waals surface area contributed by atoms with Crippen molar-refractivity contribution in [2.45, 2.75) is 19.8 Å². The second kappa shape index (κ2) is 8.91. The fourth-order valence-corrected chi connectivity index (χ4v) is 3.74. The summed E-state index contributed by atoms with van der Waals surface area (Å²) >= 11 is 1.36. The highest BCUT2D eigenvalue weighted by atomic mass is 32.1. The zero-order valence-corrected chi connectivity index (χ0v) is 16.3. The lowest BCUT2D eigenvalue weighted by molar-refractivity contribution is -0.383. The minimum absolute atomic E-state index is 0.00984. The van der Waals surface area contributed by atoms with Crippen molar-refractivity contribution >= 4 is 44.0 Å². The maximum absolute atomic E-state index is 11.8. The predicted octanol–water partition coefficient (Wildman–Crippen LogP) is 3.68. The Kier molecular flexibility index (Phi) is 6.12. The van der Waals surface area contributed by atoms with Crippen molar-refractivity contribution in [2.24, 2.45) is 0 Å². The number of nitro groups is 1. The molecule has 0 saturated carbocycles. The molecule has 3 aromatic rings. The van der Waals surface area contributed by atoms with E-state index in [1.807, 2.05) is 37.3 Å². The van der Waals surface area contributed by atoms with Crippen LogP contribution in [0.15, 0.2) is 24.5 Å². The molecule has 146 valence electrons. The molecule has 29 heavy (non-hydrogen) atoms. The van der Waals surface area contributed by atoms with Crippen LogP contribution in [-0.2, 0) is 0 Å². The molecule has 0 spiro atoms. The Morgan fingerprint density at radius 1 is 1.24 bits per heavy atom.